The van der Waals surface area contributed by atoms with E-state index in [-0.39, 0.29) is 55.0 Å². The van der Waals surface area contributed by atoms with Crippen molar-refractivity contribution in [2.24, 2.45) is 11.8 Å². The Morgan fingerprint density at radius 1 is 1.18 bits per heavy atom. The maximum absolute atomic E-state index is 12.3. The number of imide groups is 1. The molecule has 22 heavy (non-hydrogen) atoms. The molecule has 0 saturated carbocycles. The number of hydrogen-bond acceptors (Lipinski definition) is 5. The highest BCUT2D eigenvalue weighted by Crippen LogP contribution is 2.44. The van der Waals surface area contributed by atoms with Gasteiger partial charge in [-0.25, -0.2) is 0 Å². The minimum atomic E-state index is -0.386. The number of esters is 1. The molecule has 3 rings (SSSR count). The largest absolute Gasteiger partial charge is 0.464 e. The van der Waals surface area contributed by atoms with E-state index in [0.29, 0.717) is 6.42 Å². The summed E-state index contributed by atoms with van der Waals surface area (Å²) < 4.78 is 10.7. The summed E-state index contributed by atoms with van der Waals surface area (Å²) in [6, 6.07) is 0. The Labute approximate surface area is 129 Å². The van der Waals surface area contributed by atoms with Gasteiger partial charge in [-0.1, -0.05) is 31.9 Å². The zero-order valence-corrected chi connectivity index (χ0v) is 12.7. The highest BCUT2D eigenvalue weighted by molar-refractivity contribution is 6.06. The van der Waals surface area contributed by atoms with Gasteiger partial charge >= 0.3 is 5.97 Å². The lowest BCUT2D eigenvalue weighted by atomic mass is 9.85. The molecule has 2 amide bonds. The van der Waals surface area contributed by atoms with Crippen LogP contribution in [0.4, 0.5) is 0 Å². The van der Waals surface area contributed by atoms with E-state index in [4.69, 9.17) is 9.47 Å². The number of nitrogens with zero attached hydrogens (tertiary/aromatic N) is 1. The standard InChI is InChI=1S/C16H21NO5/c1-2-3-4-5-12(18)21-9-8-17-15(19)13-10-6-7-11(22-10)14(13)16(17)20/h6-7,10-11,13-14H,2-5,8-9H2,1H3/t10-,11+,13-,14+. The molecular weight excluding hydrogens is 286 g/mol. The van der Waals surface area contributed by atoms with Crippen molar-refractivity contribution in [3.05, 3.63) is 12.2 Å². The van der Waals surface area contributed by atoms with E-state index in [9.17, 15) is 14.4 Å². The van der Waals surface area contributed by atoms with Gasteiger partial charge in [-0.05, 0) is 6.42 Å². The minimum Gasteiger partial charge on any atom is -0.464 e. The molecule has 2 fully saturated rings. The van der Waals surface area contributed by atoms with Crippen molar-refractivity contribution in [3.63, 3.8) is 0 Å². The molecule has 0 aromatic rings. The lowest BCUT2D eigenvalue weighted by molar-refractivity contribution is -0.149. The van der Waals surface area contributed by atoms with Gasteiger partial charge in [-0.15, -0.1) is 0 Å². The molecule has 0 aromatic carbocycles. The molecule has 6 nitrogen and oxygen atoms in total. The summed E-state index contributed by atoms with van der Waals surface area (Å²) in [4.78, 5) is 37.4. The molecule has 3 aliphatic rings. The van der Waals surface area contributed by atoms with Crippen LogP contribution in [0.5, 0.6) is 0 Å². The van der Waals surface area contributed by atoms with Crippen LogP contribution in [-0.4, -0.2) is 48.0 Å². The first-order valence-electron chi connectivity index (χ1n) is 7.98. The number of amides is 2. The number of ether oxygens (including phenoxy) is 2. The second-order valence-corrected chi connectivity index (χ2v) is 6.01. The van der Waals surface area contributed by atoms with Crippen LogP contribution < -0.4 is 0 Å². The van der Waals surface area contributed by atoms with Crippen LogP contribution in [0.2, 0.25) is 0 Å². The predicted octanol–water partition coefficient (Wildman–Crippen LogP) is 1.05. The molecule has 0 aromatic heterocycles. The summed E-state index contributed by atoms with van der Waals surface area (Å²) in [6.07, 6.45) is 6.42. The monoisotopic (exact) mass is 307 g/mol. The van der Waals surface area contributed by atoms with Crippen molar-refractivity contribution in [1.29, 1.82) is 0 Å². The average Bonchev–Trinajstić information content (AvgIpc) is 3.16. The molecule has 3 aliphatic heterocycles. The second-order valence-electron chi connectivity index (χ2n) is 6.01. The van der Waals surface area contributed by atoms with E-state index in [1.165, 1.54) is 4.90 Å². The Morgan fingerprint density at radius 3 is 2.41 bits per heavy atom. The quantitative estimate of drug-likeness (QED) is 0.304. The maximum Gasteiger partial charge on any atom is 0.305 e. The van der Waals surface area contributed by atoms with E-state index >= 15 is 0 Å². The zero-order chi connectivity index (χ0) is 15.7. The third kappa shape index (κ3) is 2.56. The van der Waals surface area contributed by atoms with Gasteiger partial charge in [0, 0.05) is 6.42 Å². The smallest absolute Gasteiger partial charge is 0.305 e. The number of carbonyl (C=O) groups excluding carboxylic acids is 3. The third-order valence-electron chi connectivity index (χ3n) is 4.56. The van der Waals surface area contributed by atoms with Gasteiger partial charge in [0.1, 0.15) is 6.61 Å². The van der Waals surface area contributed by atoms with E-state index in [1.807, 2.05) is 12.2 Å². The predicted molar refractivity (Wildman–Crippen MR) is 76.6 cm³/mol. The number of unbranched alkanes of at least 4 members (excludes halogenated alkanes) is 2. The van der Waals surface area contributed by atoms with Crippen LogP contribution in [0.25, 0.3) is 0 Å². The van der Waals surface area contributed by atoms with Crippen LogP contribution in [0, 0.1) is 11.8 Å². The molecule has 0 radical (unpaired) electrons. The van der Waals surface area contributed by atoms with Crippen LogP contribution in [-0.2, 0) is 23.9 Å². The molecule has 2 saturated heterocycles. The van der Waals surface area contributed by atoms with E-state index in [0.717, 1.165) is 19.3 Å². The van der Waals surface area contributed by atoms with Crippen molar-refractivity contribution in [1.82, 2.24) is 4.90 Å². The molecule has 3 heterocycles. The minimum absolute atomic E-state index is 0.0749. The molecule has 6 heteroatoms. The molecule has 0 spiro atoms. The van der Waals surface area contributed by atoms with Gasteiger partial charge in [-0.2, -0.15) is 0 Å². The lowest BCUT2D eigenvalue weighted by Gasteiger charge is -2.17. The fourth-order valence-corrected chi connectivity index (χ4v) is 3.43. The van der Waals surface area contributed by atoms with Gasteiger partial charge in [0.2, 0.25) is 11.8 Å². The Balaban J connectivity index is 1.47. The normalized spacial score (nSPS) is 32.0. The first-order valence-corrected chi connectivity index (χ1v) is 7.98. The summed E-state index contributed by atoms with van der Waals surface area (Å²) in [5, 5.41) is 0. The number of hydrogen-bond donors (Lipinski definition) is 0. The van der Waals surface area contributed by atoms with Crippen LogP contribution in [0.1, 0.15) is 32.6 Å². The third-order valence-corrected chi connectivity index (χ3v) is 4.56. The molecule has 0 unspecified atom stereocenters. The Kier molecular flexibility index (Phi) is 4.29. The summed E-state index contributed by atoms with van der Waals surface area (Å²) in [6.45, 7) is 2.29. The molecule has 0 N–H and O–H groups in total. The Morgan fingerprint density at radius 2 is 1.82 bits per heavy atom. The first kappa shape index (κ1) is 15.2. The molecular formula is C16H21NO5. The fourth-order valence-electron chi connectivity index (χ4n) is 3.43. The van der Waals surface area contributed by atoms with Crippen molar-refractivity contribution < 1.29 is 23.9 Å². The number of carbonyl (C=O) groups is 3. The van der Waals surface area contributed by atoms with Crippen molar-refractivity contribution in [2.45, 2.75) is 44.8 Å². The number of fused-ring (bicyclic) bond motifs is 5. The highest BCUT2D eigenvalue weighted by Gasteiger charge is 2.60. The van der Waals surface area contributed by atoms with Gasteiger partial charge in [0.25, 0.3) is 0 Å². The zero-order valence-electron chi connectivity index (χ0n) is 12.7. The Bertz CT molecular complexity index is 485. The highest BCUT2D eigenvalue weighted by atomic mass is 16.5. The number of likely N-dealkylation sites (tertiary alicyclic amines) is 1. The van der Waals surface area contributed by atoms with Gasteiger partial charge in [-0.3, -0.25) is 19.3 Å². The van der Waals surface area contributed by atoms with E-state index < -0.39 is 0 Å². The van der Waals surface area contributed by atoms with Gasteiger partial charge < -0.3 is 9.47 Å². The van der Waals surface area contributed by atoms with Crippen molar-refractivity contribution in [3.8, 4) is 0 Å². The fraction of sp³-hybridized carbons (Fsp3) is 0.688. The van der Waals surface area contributed by atoms with E-state index in [2.05, 4.69) is 6.92 Å². The van der Waals surface area contributed by atoms with Gasteiger partial charge in [0.05, 0.1) is 30.6 Å². The summed E-state index contributed by atoms with van der Waals surface area (Å²) >= 11 is 0. The lowest BCUT2D eigenvalue weighted by Crippen LogP contribution is -2.37. The topological polar surface area (TPSA) is 72.9 Å². The first-order chi connectivity index (χ1) is 10.6. The molecule has 0 aliphatic carbocycles. The summed E-state index contributed by atoms with van der Waals surface area (Å²) in [5.74, 6) is -1.44. The second kappa shape index (κ2) is 6.20. The van der Waals surface area contributed by atoms with Crippen molar-refractivity contribution in [2.75, 3.05) is 13.2 Å². The van der Waals surface area contributed by atoms with E-state index in [1.54, 1.807) is 0 Å². The van der Waals surface area contributed by atoms with Crippen LogP contribution in [0.3, 0.4) is 0 Å². The molecule has 4 atom stereocenters. The molecule has 2 bridgehead atoms. The average molecular weight is 307 g/mol. The van der Waals surface area contributed by atoms with Gasteiger partial charge in [0.15, 0.2) is 0 Å². The Hall–Kier alpha value is -1.69. The van der Waals surface area contributed by atoms with Crippen LogP contribution in [0.15, 0.2) is 12.2 Å². The SMILES string of the molecule is CCCCCC(=O)OCCN1C(=O)[C@@H]2[C@H](C1=O)[C@H]1C=C[C@@H]2O1. The number of rotatable bonds is 7. The summed E-state index contributed by atoms with van der Waals surface area (Å²) in [5.41, 5.74) is 0. The maximum atomic E-state index is 12.3. The van der Waals surface area contributed by atoms with Crippen molar-refractivity contribution >= 4 is 17.8 Å². The molecule has 120 valence electrons. The van der Waals surface area contributed by atoms with Crippen LogP contribution >= 0.6 is 0 Å². The summed E-state index contributed by atoms with van der Waals surface area (Å²) in [7, 11) is 0.